The van der Waals surface area contributed by atoms with Crippen LogP contribution in [0.4, 0.5) is 21.0 Å². The third-order valence-corrected chi connectivity index (χ3v) is 6.41. The minimum absolute atomic E-state index is 0.138. The van der Waals surface area contributed by atoms with E-state index in [1.807, 2.05) is 61.5 Å². The molecule has 3 amide bonds. The van der Waals surface area contributed by atoms with E-state index in [-0.39, 0.29) is 25.2 Å². The van der Waals surface area contributed by atoms with Crippen molar-refractivity contribution in [3.8, 4) is 0 Å². The number of nitrogens with zero attached hydrogens (tertiary/aromatic N) is 1. The standard InChI is InChI=1S/C30H29BrN4O5/c1-20(13-15-39-30(38)35-27-8-4-6-22-5-2-3-7-26(22)27)33-29(37)40-16-14-21-9-11-25(12-10-21)34-28(36)23-17-24(31)19-32-18-23/h2-12,17-20H,13-16H2,1H3,(H,33,37)(H,34,36)(H,35,38). The molecule has 1 atom stereocenters. The Morgan fingerprint density at radius 2 is 1.62 bits per heavy atom. The van der Waals surface area contributed by atoms with Crippen molar-refractivity contribution in [2.75, 3.05) is 23.8 Å². The Kier molecular flexibility index (Phi) is 10.1. The van der Waals surface area contributed by atoms with Crippen LogP contribution in [-0.2, 0) is 15.9 Å². The molecule has 1 unspecified atom stereocenters. The number of benzene rings is 3. The van der Waals surface area contributed by atoms with Gasteiger partial charge in [0.05, 0.1) is 24.5 Å². The van der Waals surface area contributed by atoms with Crippen LogP contribution in [0, 0.1) is 0 Å². The van der Waals surface area contributed by atoms with Crippen LogP contribution in [0.5, 0.6) is 0 Å². The van der Waals surface area contributed by atoms with E-state index in [9.17, 15) is 14.4 Å². The van der Waals surface area contributed by atoms with Gasteiger partial charge in [0, 0.05) is 46.8 Å². The summed E-state index contributed by atoms with van der Waals surface area (Å²) in [4.78, 5) is 40.7. The molecule has 0 aliphatic heterocycles. The lowest BCUT2D eigenvalue weighted by atomic mass is 10.1. The maximum atomic E-state index is 12.3. The molecule has 0 spiro atoms. The molecule has 4 rings (SSSR count). The number of ether oxygens (including phenoxy) is 2. The molecule has 1 heterocycles. The van der Waals surface area contributed by atoms with Gasteiger partial charge in [0.25, 0.3) is 5.91 Å². The SMILES string of the molecule is CC(CCOC(=O)Nc1cccc2ccccc12)NC(=O)OCCc1ccc(NC(=O)c2cncc(Br)c2)cc1. The quantitative estimate of drug-likeness (QED) is 0.189. The number of pyridine rings is 1. The van der Waals surface area contributed by atoms with Gasteiger partial charge in [0.1, 0.15) is 0 Å². The lowest BCUT2D eigenvalue weighted by Crippen LogP contribution is -2.34. The lowest BCUT2D eigenvalue weighted by Gasteiger charge is -2.15. The number of alkyl carbamates (subject to hydrolysis) is 1. The zero-order valence-corrected chi connectivity index (χ0v) is 23.4. The molecule has 4 aromatic rings. The zero-order valence-electron chi connectivity index (χ0n) is 21.9. The first-order valence-electron chi connectivity index (χ1n) is 12.7. The van der Waals surface area contributed by atoms with E-state index >= 15 is 0 Å². The Balaban J connectivity index is 1.11. The van der Waals surface area contributed by atoms with E-state index in [0.717, 1.165) is 20.8 Å². The van der Waals surface area contributed by atoms with Gasteiger partial charge >= 0.3 is 12.2 Å². The fraction of sp³-hybridized carbons (Fsp3) is 0.200. The molecule has 0 saturated heterocycles. The number of carbonyl (C=O) groups excluding carboxylic acids is 3. The Morgan fingerprint density at radius 3 is 2.42 bits per heavy atom. The van der Waals surface area contributed by atoms with Gasteiger partial charge in [0.2, 0.25) is 0 Å². The van der Waals surface area contributed by atoms with Crippen molar-refractivity contribution in [3.05, 3.63) is 101 Å². The second kappa shape index (κ2) is 14.1. The highest BCUT2D eigenvalue weighted by Crippen LogP contribution is 2.23. The van der Waals surface area contributed by atoms with Crippen LogP contribution in [0.15, 0.2) is 89.7 Å². The van der Waals surface area contributed by atoms with Crippen LogP contribution in [0.2, 0.25) is 0 Å². The number of carbonyl (C=O) groups is 3. The smallest absolute Gasteiger partial charge is 0.411 e. The van der Waals surface area contributed by atoms with Gasteiger partial charge in [-0.1, -0.05) is 48.5 Å². The molecule has 0 fully saturated rings. The molecule has 0 aliphatic rings. The van der Waals surface area contributed by atoms with Crippen molar-refractivity contribution >= 4 is 56.2 Å². The van der Waals surface area contributed by atoms with Gasteiger partial charge < -0.3 is 20.1 Å². The van der Waals surface area contributed by atoms with E-state index in [1.54, 1.807) is 24.4 Å². The number of rotatable bonds is 10. The molecule has 1 aromatic heterocycles. The summed E-state index contributed by atoms with van der Waals surface area (Å²) in [6, 6.07) is 22.2. The molecule has 0 bridgehead atoms. The summed E-state index contributed by atoms with van der Waals surface area (Å²) in [5, 5.41) is 10.3. The monoisotopic (exact) mass is 604 g/mol. The number of fused-ring (bicyclic) bond motifs is 1. The second-order valence-corrected chi connectivity index (χ2v) is 9.97. The second-order valence-electron chi connectivity index (χ2n) is 9.05. The molecule has 0 saturated carbocycles. The summed E-state index contributed by atoms with van der Waals surface area (Å²) < 4.78 is 11.3. The molecular formula is C30H29BrN4O5. The highest BCUT2D eigenvalue weighted by molar-refractivity contribution is 9.10. The minimum Gasteiger partial charge on any atom is -0.449 e. The van der Waals surface area contributed by atoms with E-state index in [1.165, 1.54) is 6.20 Å². The highest BCUT2D eigenvalue weighted by Gasteiger charge is 2.11. The van der Waals surface area contributed by atoms with Crippen LogP contribution in [-0.4, -0.2) is 42.3 Å². The van der Waals surface area contributed by atoms with Crippen molar-refractivity contribution in [2.24, 2.45) is 0 Å². The number of aromatic nitrogens is 1. The van der Waals surface area contributed by atoms with Crippen LogP contribution in [0.3, 0.4) is 0 Å². The third-order valence-electron chi connectivity index (χ3n) is 5.98. The number of hydrogen-bond donors (Lipinski definition) is 3. The van der Waals surface area contributed by atoms with Crippen LogP contribution < -0.4 is 16.0 Å². The maximum Gasteiger partial charge on any atom is 0.411 e. The van der Waals surface area contributed by atoms with Crippen molar-refractivity contribution in [2.45, 2.75) is 25.8 Å². The molecule has 10 heteroatoms. The first-order valence-corrected chi connectivity index (χ1v) is 13.5. The minimum atomic E-state index is -0.554. The first-order chi connectivity index (χ1) is 19.4. The highest BCUT2D eigenvalue weighted by atomic mass is 79.9. The van der Waals surface area contributed by atoms with E-state index in [2.05, 4.69) is 36.9 Å². The van der Waals surface area contributed by atoms with Gasteiger partial charge in [-0.3, -0.25) is 15.1 Å². The van der Waals surface area contributed by atoms with Gasteiger partial charge in [-0.25, -0.2) is 9.59 Å². The van der Waals surface area contributed by atoms with Gasteiger partial charge in [-0.15, -0.1) is 0 Å². The fourth-order valence-corrected chi connectivity index (χ4v) is 4.24. The normalized spacial score (nSPS) is 11.3. The molecule has 0 radical (unpaired) electrons. The Bertz CT molecular complexity index is 1470. The molecule has 40 heavy (non-hydrogen) atoms. The Hall–Kier alpha value is -4.44. The zero-order chi connectivity index (χ0) is 28.3. The van der Waals surface area contributed by atoms with Gasteiger partial charge in [0.15, 0.2) is 0 Å². The Labute approximate surface area is 240 Å². The summed E-state index contributed by atoms with van der Waals surface area (Å²) in [6.07, 6.45) is 2.96. The van der Waals surface area contributed by atoms with Crippen molar-refractivity contribution in [3.63, 3.8) is 0 Å². The average Bonchev–Trinajstić information content (AvgIpc) is 2.94. The van der Waals surface area contributed by atoms with Crippen molar-refractivity contribution < 1.29 is 23.9 Å². The molecule has 9 nitrogen and oxygen atoms in total. The molecule has 3 N–H and O–H groups in total. The number of anilines is 2. The van der Waals surface area contributed by atoms with Crippen LogP contribution >= 0.6 is 15.9 Å². The number of halogens is 1. The van der Waals surface area contributed by atoms with Gasteiger partial charge in [-0.05, 0) is 58.1 Å². The van der Waals surface area contributed by atoms with E-state index in [4.69, 9.17) is 9.47 Å². The summed E-state index contributed by atoms with van der Waals surface area (Å²) in [6.45, 7) is 2.14. The number of amides is 3. The van der Waals surface area contributed by atoms with Crippen LogP contribution in [0.25, 0.3) is 10.8 Å². The molecule has 3 aromatic carbocycles. The fourth-order valence-electron chi connectivity index (χ4n) is 3.88. The molecule has 0 aliphatic carbocycles. The van der Waals surface area contributed by atoms with E-state index in [0.29, 0.717) is 29.8 Å². The number of nitrogens with one attached hydrogen (secondary N) is 3. The molecule has 206 valence electrons. The summed E-state index contributed by atoms with van der Waals surface area (Å²) >= 11 is 3.30. The van der Waals surface area contributed by atoms with Crippen molar-refractivity contribution in [1.29, 1.82) is 0 Å². The van der Waals surface area contributed by atoms with Gasteiger partial charge in [-0.2, -0.15) is 0 Å². The lowest BCUT2D eigenvalue weighted by molar-refractivity contribution is 0.102. The first kappa shape index (κ1) is 28.6. The maximum absolute atomic E-state index is 12.3. The van der Waals surface area contributed by atoms with Crippen LogP contribution in [0.1, 0.15) is 29.3 Å². The summed E-state index contributed by atoms with van der Waals surface area (Å²) in [5.74, 6) is -0.258. The molecular weight excluding hydrogens is 576 g/mol. The predicted molar refractivity (Wildman–Crippen MR) is 158 cm³/mol. The Morgan fingerprint density at radius 1 is 0.875 bits per heavy atom. The average molecular weight is 605 g/mol. The topological polar surface area (TPSA) is 119 Å². The third kappa shape index (κ3) is 8.54. The number of hydrogen-bond acceptors (Lipinski definition) is 6. The summed E-state index contributed by atoms with van der Waals surface area (Å²) in [5.41, 5.74) is 2.72. The largest absolute Gasteiger partial charge is 0.449 e. The van der Waals surface area contributed by atoms with E-state index < -0.39 is 12.2 Å². The van der Waals surface area contributed by atoms with Crippen molar-refractivity contribution in [1.82, 2.24) is 10.3 Å². The predicted octanol–water partition coefficient (Wildman–Crippen LogP) is 6.55. The summed E-state index contributed by atoms with van der Waals surface area (Å²) in [7, 11) is 0.